The Kier molecular flexibility index (Phi) is 6.88. The zero-order chi connectivity index (χ0) is 21.2. The summed E-state index contributed by atoms with van der Waals surface area (Å²) in [5.41, 5.74) is 2.62. The molecule has 1 saturated heterocycles. The first kappa shape index (κ1) is 22.3. The van der Waals surface area contributed by atoms with Crippen molar-refractivity contribution in [3.05, 3.63) is 29.3 Å². The summed E-state index contributed by atoms with van der Waals surface area (Å²) in [5, 5.41) is 0. The van der Waals surface area contributed by atoms with E-state index in [1.165, 1.54) is 56.2 Å². The van der Waals surface area contributed by atoms with Crippen LogP contribution in [-0.2, 0) is 23.0 Å². The van der Waals surface area contributed by atoms with E-state index in [4.69, 9.17) is 0 Å². The Morgan fingerprint density at radius 2 is 1.90 bits per heavy atom. The quantitative estimate of drug-likeness (QED) is 0.711. The summed E-state index contributed by atoms with van der Waals surface area (Å²) < 4.78 is 28.7. The summed E-state index contributed by atoms with van der Waals surface area (Å²) in [5.74, 6) is 0.823. The van der Waals surface area contributed by atoms with Gasteiger partial charge in [0.05, 0.1) is 4.90 Å². The van der Waals surface area contributed by atoms with E-state index in [0.717, 1.165) is 44.8 Å². The summed E-state index contributed by atoms with van der Waals surface area (Å²) in [4.78, 5) is 5.32. The lowest BCUT2D eigenvalue weighted by Crippen LogP contribution is -2.41. The molecule has 1 aromatic carbocycles. The number of sulfonamides is 1. The van der Waals surface area contributed by atoms with E-state index < -0.39 is 10.0 Å². The van der Waals surface area contributed by atoms with Crippen LogP contribution in [0.2, 0.25) is 0 Å². The standard InChI is InChI=1S/C24H39N3O2S/c1-24(12-6-15-26(24)2)13-14-25-30(28,29)23-10-9-21-11-16-27(19-22(21)17-23)18-20-7-4-3-5-8-20/h9-10,17,20,25H,3-8,11-16,18-19H2,1-2H3/t24-/m0/s1. The molecule has 0 unspecified atom stereocenters. The molecule has 0 bridgehead atoms. The molecule has 1 aromatic rings. The number of nitrogens with one attached hydrogen (secondary N) is 1. The molecule has 1 aliphatic carbocycles. The fraction of sp³-hybridized carbons (Fsp3) is 0.750. The van der Waals surface area contributed by atoms with Crippen molar-refractivity contribution in [2.24, 2.45) is 5.92 Å². The summed E-state index contributed by atoms with van der Waals surface area (Å²) in [6.45, 7) is 6.99. The molecule has 2 aliphatic heterocycles. The second-order valence-corrected chi connectivity index (χ2v) is 11.9. The number of fused-ring (bicyclic) bond motifs is 1. The highest BCUT2D eigenvalue weighted by Gasteiger charge is 2.33. The Morgan fingerprint density at radius 1 is 1.10 bits per heavy atom. The van der Waals surface area contributed by atoms with E-state index in [1.807, 2.05) is 12.1 Å². The molecule has 1 saturated carbocycles. The lowest BCUT2D eigenvalue weighted by molar-refractivity contribution is 0.184. The average molecular weight is 434 g/mol. The molecule has 30 heavy (non-hydrogen) atoms. The van der Waals surface area contributed by atoms with E-state index in [2.05, 4.69) is 28.5 Å². The van der Waals surface area contributed by atoms with Crippen LogP contribution in [0.5, 0.6) is 0 Å². The second kappa shape index (κ2) is 9.27. The Hall–Kier alpha value is -0.950. The topological polar surface area (TPSA) is 52.7 Å². The van der Waals surface area contributed by atoms with Gasteiger partial charge in [0, 0.05) is 31.7 Å². The van der Waals surface area contributed by atoms with Gasteiger partial charge < -0.3 is 4.90 Å². The molecular formula is C24H39N3O2S. The Balaban J connectivity index is 1.37. The molecule has 2 fully saturated rings. The largest absolute Gasteiger partial charge is 0.301 e. The SMILES string of the molecule is CN1CCC[C@@]1(C)CCNS(=O)(=O)c1ccc2c(c1)CN(CC1CCCCC1)CC2. The van der Waals surface area contributed by atoms with Gasteiger partial charge in [0.25, 0.3) is 0 Å². The van der Waals surface area contributed by atoms with Gasteiger partial charge in [-0.15, -0.1) is 0 Å². The third-order valence-electron chi connectivity index (χ3n) is 7.91. The summed E-state index contributed by atoms with van der Waals surface area (Å²) in [6, 6.07) is 5.75. The lowest BCUT2D eigenvalue weighted by atomic mass is 9.88. The van der Waals surface area contributed by atoms with Crippen molar-refractivity contribution in [3.63, 3.8) is 0 Å². The third-order valence-corrected chi connectivity index (χ3v) is 9.37. The predicted octanol–water partition coefficient (Wildman–Crippen LogP) is 3.78. The Morgan fingerprint density at radius 3 is 2.63 bits per heavy atom. The van der Waals surface area contributed by atoms with Gasteiger partial charge in [-0.3, -0.25) is 4.90 Å². The number of hydrogen-bond acceptors (Lipinski definition) is 4. The van der Waals surface area contributed by atoms with Crippen LogP contribution in [-0.4, -0.2) is 57.0 Å². The van der Waals surface area contributed by atoms with Gasteiger partial charge in [0.15, 0.2) is 0 Å². The Bertz CT molecular complexity index is 835. The van der Waals surface area contributed by atoms with E-state index >= 15 is 0 Å². The minimum Gasteiger partial charge on any atom is -0.301 e. The minimum absolute atomic E-state index is 0.109. The molecule has 0 radical (unpaired) electrons. The molecule has 1 N–H and O–H groups in total. The van der Waals surface area contributed by atoms with E-state index in [1.54, 1.807) is 6.07 Å². The zero-order valence-electron chi connectivity index (χ0n) is 18.8. The van der Waals surface area contributed by atoms with Crippen molar-refractivity contribution >= 4 is 10.0 Å². The van der Waals surface area contributed by atoms with Crippen LogP contribution in [0, 0.1) is 5.92 Å². The molecule has 1 atom stereocenters. The van der Waals surface area contributed by atoms with E-state index in [9.17, 15) is 8.42 Å². The normalized spacial score (nSPS) is 26.7. The summed E-state index contributed by atoms with van der Waals surface area (Å²) in [7, 11) is -1.32. The minimum atomic E-state index is -3.46. The van der Waals surface area contributed by atoms with Gasteiger partial charge in [-0.1, -0.05) is 25.3 Å². The number of hydrogen-bond donors (Lipinski definition) is 1. The monoisotopic (exact) mass is 433 g/mol. The average Bonchev–Trinajstić information content (AvgIpc) is 3.06. The van der Waals surface area contributed by atoms with Crippen LogP contribution in [0.15, 0.2) is 23.1 Å². The number of nitrogens with zero attached hydrogens (tertiary/aromatic N) is 2. The summed E-state index contributed by atoms with van der Waals surface area (Å²) in [6.07, 6.45) is 11.1. The maximum absolute atomic E-state index is 12.9. The van der Waals surface area contributed by atoms with Crippen LogP contribution in [0.25, 0.3) is 0 Å². The van der Waals surface area contributed by atoms with Gasteiger partial charge in [-0.2, -0.15) is 0 Å². The highest BCUT2D eigenvalue weighted by atomic mass is 32.2. The van der Waals surface area contributed by atoms with Crippen molar-refractivity contribution in [1.82, 2.24) is 14.5 Å². The van der Waals surface area contributed by atoms with Gasteiger partial charge in [-0.25, -0.2) is 13.1 Å². The van der Waals surface area contributed by atoms with Gasteiger partial charge >= 0.3 is 0 Å². The molecule has 6 heteroatoms. The first-order valence-electron chi connectivity index (χ1n) is 11.9. The first-order valence-corrected chi connectivity index (χ1v) is 13.4. The molecular weight excluding hydrogens is 394 g/mol. The van der Waals surface area contributed by atoms with Crippen LogP contribution in [0.3, 0.4) is 0 Å². The smallest absolute Gasteiger partial charge is 0.240 e. The highest BCUT2D eigenvalue weighted by molar-refractivity contribution is 7.89. The number of benzene rings is 1. The molecule has 0 aromatic heterocycles. The van der Waals surface area contributed by atoms with Gasteiger partial charge in [0.2, 0.25) is 10.0 Å². The van der Waals surface area contributed by atoms with Crippen LogP contribution >= 0.6 is 0 Å². The summed E-state index contributed by atoms with van der Waals surface area (Å²) >= 11 is 0. The zero-order valence-corrected chi connectivity index (χ0v) is 19.6. The van der Waals surface area contributed by atoms with Crippen molar-refractivity contribution in [2.45, 2.75) is 81.7 Å². The molecule has 5 nitrogen and oxygen atoms in total. The lowest BCUT2D eigenvalue weighted by Gasteiger charge is -2.33. The number of rotatable bonds is 7. The van der Waals surface area contributed by atoms with Gasteiger partial charge in [-0.05, 0) is 88.2 Å². The first-order chi connectivity index (χ1) is 14.4. The predicted molar refractivity (Wildman–Crippen MR) is 122 cm³/mol. The van der Waals surface area contributed by atoms with Gasteiger partial charge in [0.1, 0.15) is 0 Å². The highest BCUT2D eigenvalue weighted by Crippen LogP contribution is 2.30. The maximum Gasteiger partial charge on any atom is 0.240 e. The van der Waals surface area contributed by atoms with E-state index in [-0.39, 0.29) is 5.54 Å². The molecule has 3 aliphatic rings. The fourth-order valence-corrected chi connectivity index (χ4v) is 6.74. The fourth-order valence-electron chi connectivity index (χ4n) is 5.66. The molecule has 0 amide bonds. The van der Waals surface area contributed by atoms with Crippen LogP contribution in [0.4, 0.5) is 0 Å². The maximum atomic E-state index is 12.9. The molecule has 4 rings (SSSR count). The third kappa shape index (κ3) is 5.09. The van der Waals surface area contributed by atoms with Crippen molar-refractivity contribution < 1.29 is 8.42 Å². The number of likely N-dealkylation sites (tertiary alicyclic amines) is 1. The van der Waals surface area contributed by atoms with Crippen molar-refractivity contribution in [2.75, 3.05) is 33.2 Å². The molecule has 168 valence electrons. The Labute approximate surface area is 183 Å². The van der Waals surface area contributed by atoms with Crippen LogP contribution < -0.4 is 4.72 Å². The van der Waals surface area contributed by atoms with Crippen molar-refractivity contribution in [1.29, 1.82) is 0 Å². The van der Waals surface area contributed by atoms with Crippen molar-refractivity contribution in [3.8, 4) is 0 Å². The van der Waals surface area contributed by atoms with E-state index in [0.29, 0.717) is 11.4 Å². The van der Waals surface area contributed by atoms with Crippen LogP contribution in [0.1, 0.15) is 69.4 Å². The second-order valence-electron chi connectivity index (χ2n) is 10.1. The molecule has 0 spiro atoms. The molecule has 2 heterocycles.